The predicted molar refractivity (Wildman–Crippen MR) is 121 cm³/mol. The number of nitrogens with zero attached hydrogens (tertiary/aromatic N) is 2. The molecule has 0 spiro atoms. The third kappa shape index (κ3) is 6.98. The van der Waals surface area contributed by atoms with E-state index >= 15 is 0 Å². The van der Waals surface area contributed by atoms with Gasteiger partial charge in [-0.2, -0.15) is 0 Å². The van der Waals surface area contributed by atoms with E-state index in [1.807, 2.05) is 0 Å². The van der Waals surface area contributed by atoms with E-state index in [1.165, 1.54) is 16.8 Å². The van der Waals surface area contributed by atoms with Gasteiger partial charge in [0.2, 0.25) is 0 Å². The van der Waals surface area contributed by atoms with Gasteiger partial charge in [0.25, 0.3) is 0 Å². The van der Waals surface area contributed by atoms with Crippen molar-refractivity contribution in [2.45, 2.75) is 72.2 Å². The number of benzene rings is 1. The predicted octanol–water partition coefficient (Wildman–Crippen LogP) is 4.69. The van der Waals surface area contributed by atoms with E-state index < -0.39 is 6.10 Å². The zero-order chi connectivity index (χ0) is 21.6. The van der Waals surface area contributed by atoms with Crippen molar-refractivity contribution in [2.75, 3.05) is 20.3 Å². The lowest BCUT2D eigenvalue weighted by Gasteiger charge is -2.33. The van der Waals surface area contributed by atoms with Gasteiger partial charge in [-0.1, -0.05) is 58.9 Å². The third-order valence-corrected chi connectivity index (χ3v) is 5.81. The van der Waals surface area contributed by atoms with Crippen LogP contribution in [0.5, 0.6) is 0 Å². The molecule has 4 heteroatoms. The summed E-state index contributed by atoms with van der Waals surface area (Å²) in [5.41, 5.74) is 4.10. The minimum atomic E-state index is -0.477. The molecule has 1 aromatic heterocycles. The van der Waals surface area contributed by atoms with Crippen molar-refractivity contribution in [3.8, 4) is 0 Å². The van der Waals surface area contributed by atoms with E-state index in [4.69, 9.17) is 4.74 Å². The summed E-state index contributed by atoms with van der Waals surface area (Å²) in [5, 5.41) is 10.3. The second kappa shape index (κ2) is 10.4. The van der Waals surface area contributed by atoms with E-state index in [-0.39, 0.29) is 5.41 Å². The zero-order valence-electron chi connectivity index (χ0n) is 19.4. The number of methoxy groups -OCH3 is 1. The van der Waals surface area contributed by atoms with E-state index in [2.05, 4.69) is 93.6 Å². The van der Waals surface area contributed by atoms with Crippen LogP contribution in [-0.2, 0) is 23.2 Å². The number of ether oxygens (including phenoxy) is 1. The first kappa shape index (κ1) is 23.7. The van der Waals surface area contributed by atoms with Crippen molar-refractivity contribution in [3.63, 3.8) is 0 Å². The highest BCUT2D eigenvalue weighted by Gasteiger charge is 2.21. The highest BCUT2D eigenvalue weighted by Crippen LogP contribution is 2.23. The Balaban J connectivity index is 2.14. The molecule has 4 nitrogen and oxygen atoms in total. The van der Waals surface area contributed by atoms with Crippen LogP contribution < -0.4 is 0 Å². The van der Waals surface area contributed by atoms with Gasteiger partial charge in [-0.05, 0) is 41.5 Å². The Kier molecular flexibility index (Phi) is 8.50. The maximum Gasteiger partial charge on any atom is 0.0900 e. The van der Waals surface area contributed by atoms with Crippen molar-refractivity contribution in [1.82, 2.24) is 9.47 Å². The fraction of sp³-hybridized carbons (Fsp3) is 0.600. The first-order valence-corrected chi connectivity index (χ1v) is 10.8. The molecule has 0 saturated heterocycles. The van der Waals surface area contributed by atoms with Crippen LogP contribution in [0.3, 0.4) is 0 Å². The Labute approximate surface area is 177 Å². The first-order valence-electron chi connectivity index (χ1n) is 10.8. The highest BCUT2D eigenvalue weighted by molar-refractivity contribution is 5.28. The van der Waals surface area contributed by atoms with Crippen LogP contribution in [0.25, 0.3) is 0 Å². The van der Waals surface area contributed by atoms with E-state index in [9.17, 15) is 5.11 Å². The number of hydrogen-bond donors (Lipinski definition) is 1. The van der Waals surface area contributed by atoms with Crippen LogP contribution >= 0.6 is 0 Å². The molecule has 2 rings (SSSR count). The molecule has 0 bridgehead atoms. The molecule has 2 aromatic rings. The number of rotatable bonds is 10. The van der Waals surface area contributed by atoms with Crippen LogP contribution in [0.4, 0.5) is 0 Å². The molecule has 0 radical (unpaired) electrons. The standard InChI is InChI=1S/C25H40N2O2/c1-19(2)20(3)27(17-24(28)18-29-7)16-23-9-8-14-26(23)15-21-10-12-22(13-11-21)25(4,5)6/h8-14,19-20,24,28H,15-18H2,1-7H3/t20-,24-/m1/s1. The van der Waals surface area contributed by atoms with Crippen LogP contribution in [0, 0.1) is 5.92 Å². The molecule has 1 aromatic carbocycles. The molecule has 0 aliphatic carbocycles. The summed E-state index contributed by atoms with van der Waals surface area (Å²) in [5.74, 6) is 0.512. The fourth-order valence-electron chi connectivity index (χ4n) is 3.57. The van der Waals surface area contributed by atoms with Gasteiger partial charge in [0.1, 0.15) is 0 Å². The molecule has 0 amide bonds. The largest absolute Gasteiger partial charge is 0.389 e. The lowest BCUT2D eigenvalue weighted by Crippen LogP contribution is -2.42. The van der Waals surface area contributed by atoms with Crippen molar-refractivity contribution in [1.29, 1.82) is 0 Å². The van der Waals surface area contributed by atoms with Crippen molar-refractivity contribution >= 4 is 0 Å². The lowest BCUT2D eigenvalue weighted by atomic mass is 9.87. The average molecular weight is 401 g/mol. The molecular weight excluding hydrogens is 360 g/mol. The Morgan fingerprint density at radius 2 is 1.72 bits per heavy atom. The molecule has 29 heavy (non-hydrogen) atoms. The second-order valence-corrected chi connectivity index (χ2v) is 9.60. The van der Waals surface area contributed by atoms with Crippen LogP contribution in [-0.4, -0.2) is 47.0 Å². The maximum atomic E-state index is 10.3. The number of aromatic nitrogens is 1. The summed E-state index contributed by atoms with van der Waals surface area (Å²) in [4.78, 5) is 2.36. The Morgan fingerprint density at radius 1 is 1.07 bits per heavy atom. The van der Waals surface area contributed by atoms with Crippen molar-refractivity contribution in [3.05, 3.63) is 59.4 Å². The number of hydrogen-bond acceptors (Lipinski definition) is 3. The minimum Gasteiger partial charge on any atom is -0.389 e. The average Bonchev–Trinajstić information content (AvgIpc) is 3.07. The van der Waals surface area contributed by atoms with Crippen LogP contribution in [0.2, 0.25) is 0 Å². The second-order valence-electron chi connectivity index (χ2n) is 9.60. The van der Waals surface area contributed by atoms with Gasteiger partial charge in [0.05, 0.1) is 12.7 Å². The summed E-state index contributed by atoms with van der Waals surface area (Å²) >= 11 is 0. The normalized spacial score (nSPS) is 14.6. The number of aliphatic hydroxyl groups excluding tert-OH is 1. The molecule has 0 saturated carbocycles. The minimum absolute atomic E-state index is 0.174. The van der Waals surface area contributed by atoms with Gasteiger partial charge in [-0.25, -0.2) is 0 Å². The fourth-order valence-corrected chi connectivity index (χ4v) is 3.57. The highest BCUT2D eigenvalue weighted by atomic mass is 16.5. The Hall–Kier alpha value is -1.62. The summed E-state index contributed by atoms with van der Waals surface area (Å²) in [6.45, 7) is 16.1. The molecule has 0 fully saturated rings. The van der Waals surface area contributed by atoms with E-state index in [1.54, 1.807) is 7.11 Å². The smallest absolute Gasteiger partial charge is 0.0900 e. The van der Waals surface area contributed by atoms with Crippen molar-refractivity contribution < 1.29 is 9.84 Å². The lowest BCUT2D eigenvalue weighted by molar-refractivity contribution is 0.0191. The van der Waals surface area contributed by atoms with Gasteiger partial charge in [-0.3, -0.25) is 4.90 Å². The topological polar surface area (TPSA) is 37.6 Å². The van der Waals surface area contributed by atoms with Gasteiger partial charge < -0.3 is 14.4 Å². The molecular formula is C25H40N2O2. The number of aliphatic hydroxyl groups is 1. The summed E-state index contributed by atoms with van der Waals surface area (Å²) in [6.07, 6.45) is 1.67. The summed E-state index contributed by atoms with van der Waals surface area (Å²) in [7, 11) is 1.63. The molecule has 162 valence electrons. The van der Waals surface area contributed by atoms with Gasteiger partial charge >= 0.3 is 0 Å². The molecule has 0 aliphatic rings. The maximum absolute atomic E-state index is 10.3. The zero-order valence-corrected chi connectivity index (χ0v) is 19.4. The Bertz CT molecular complexity index is 728. The molecule has 0 unspecified atom stereocenters. The monoisotopic (exact) mass is 400 g/mol. The van der Waals surface area contributed by atoms with E-state index in [0.717, 1.165) is 13.1 Å². The molecule has 2 atom stereocenters. The van der Waals surface area contributed by atoms with Crippen molar-refractivity contribution in [2.24, 2.45) is 5.92 Å². The third-order valence-electron chi connectivity index (χ3n) is 5.81. The summed E-state index contributed by atoms with van der Waals surface area (Å²) < 4.78 is 7.45. The molecule has 0 aliphatic heterocycles. The molecule has 1 heterocycles. The SMILES string of the molecule is COC[C@H](O)CN(Cc1cccn1Cc1ccc(C(C)(C)C)cc1)[C@H](C)C(C)C. The van der Waals surface area contributed by atoms with Crippen LogP contribution in [0.15, 0.2) is 42.6 Å². The Morgan fingerprint density at radius 3 is 2.28 bits per heavy atom. The van der Waals surface area contributed by atoms with E-state index in [0.29, 0.717) is 25.1 Å². The van der Waals surface area contributed by atoms with Gasteiger partial charge in [0, 0.05) is 44.7 Å². The van der Waals surface area contributed by atoms with Gasteiger partial charge in [0.15, 0.2) is 0 Å². The van der Waals surface area contributed by atoms with Crippen LogP contribution in [0.1, 0.15) is 58.4 Å². The summed E-state index contributed by atoms with van der Waals surface area (Å²) in [6, 6.07) is 13.6. The quantitative estimate of drug-likeness (QED) is 0.629. The molecule has 1 N–H and O–H groups in total. The first-order chi connectivity index (χ1) is 13.6. The van der Waals surface area contributed by atoms with Gasteiger partial charge in [-0.15, -0.1) is 0 Å².